The van der Waals surface area contributed by atoms with Gasteiger partial charge in [0.15, 0.2) is 0 Å². The van der Waals surface area contributed by atoms with E-state index in [1.807, 2.05) is 24.0 Å². The minimum absolute atomic E-state index is 0.214. The lowest BCUT2D eigenvalue weighted by Gasteiger charge is -2.21. The molecule has 4 heteroatoms. The zero-order valence-electron chi connectivity index (χ0n) is 11.2. The Bertz CT molecular complexity index is 371. The number of likely N-dealkylation sites (N-methyl/N-ethyl adjacent to an activating group) is 1. The van der Waals surface area contributed by atoms with Crippen molar-refractivity contribution in [3.8, 4) is 0 Å². The molecular weight excluding hydrogens is 228 g/mol. The lowest BCUT2D eigenvalue weighted by molar-refractivity contribution is -0.130. The molecule has 0 saturated heterocycles. The Morgan fingerprint density at radius 1 is 1.61 bits per heavy atom. The van der Waals surface area contributed by atoms with Crippen LogP contribution < -0.4 is 5.32 Å². The molecule has 1 N–H and O–H groups in total. The first-order valence-electron chi connectivity index (χ1n) is 6.76. The molecule has 2 rings (SSSR count). The zero-order valence-corrected chi connectivity index (χ0v) is 11.2. The molecule has 0 radical (unpaired) electrons. The fraction of sp³-hybridized carbons (Fsp3) is 0.643. The van der Waals surface area contributed by atoms with E-state index in [2.05, 4.69) is 12.2 Å². The summed E-state index contributed by atoms with van der Waals surface area (Å²) < 4.78 is 5.29. The molecule has 1 amide bonds. The third-order valence-corrected chi connectivity index (χ3v) is 3.34. The largest absolute Gasteiger partial charge is 0.469 e. The van der Waals surface area contributed by atoms with Crippen molar-refractivity contribution in [2.24, 2.45) is 0 Å². The molecule has 1 saturated carbocycles. The summed E-state index contributed by atoms with van der Waals surface area (Å²) in [5.41, 5.74) is 0. The Balaban J connectivity index is 1.71. The van der Waals surface area contributed by atoms with E-state index in [0.29, 0.717) is 12.6 Å². The number of hydrogen-bond acceptors (Lipinski definition) is 3. The number of hydrogen-bond donors (Lipinski definition) is 1. The van der Waals surface area contributed by atoms with Crippen LogP contribution in [0.2, 0.25) is 0 Å². The number of nitrogens with zero attached hydrogens (tertiary/aromatic N) is 1. The van der Waals surface area contributed by atoms with E-state index in [1.54, 1.807) is 6.26 Å². The smallest absolute Gasteiger partial charge is 0.236 e. The minimum Gasteiger partial charge on any atom is -0.469 e. The van der Waals surface area contributed by atoms with Gasteiger partial charge in [-0.25, -0.2) is 0 Å². The van der Waals surface area contributed by atoms with Gasteiger partial charge in [0.2, 0.25) is 5.91 Å². The van der Waals surface area contributed by atoms with Gasteiger partial charge in [-0.05, 0) is 38.8 Å². The Labute approximate surface area is 108 Å². The molecule has 1 aliphatic rings. The second-order valence-corrected chi connectivity index (χ2v) is 4.98. The molecule has 1 aromatic heterocycles. The summed E-state index contributed by atoms with van der Waals surface area (Å²) in [6.45, 7) is 5.36. The maximum absolute atomic E-state index is 12.0. The quantitative estimate of drug-likeness (QED) is 0.802. The van der Waals surface area contributed by atoms with Crippen LogP contribution in [-0.2, 0) is 11.2 Å². The zero-order chi connectivity index (χ0) is 13.0. The Kier molecular flexibility index (Phi) is 4.42. The van der Waals surface area contributed by atoms with Crippen molar-refractivity contribution in [1.29, 1.82) is 0 Å². The Hall–Kier alpha value is -1.29. The molecule has 1 unspecified atom stereocenters. The highest BCUT2D eigenvalue weighted by Crippen LogP contribution is 2.26. The molecule has 4 nitrogen and oxygen atoms in total. The van der Waals surface area contributed by atoms with Crippen LogP contribution in [0, 0.1) is 0 Å². The van der Waals surface area contributed by atoms with E-state index < -0.39 is 0 Å². The molecule has 0 aliphatic heterocycles. The van der Waals surface area contributed by atoms with Crippen LogP contribution in [0.15, 0.2) is 22.8 Å². The number of nitrogens with one attached hydrogen (secondary N) is 1. The monoisotopic (exact) mass is 250 g/mol. The maximum atomic E-state index is 12.0. The van der Waals surface area contributed by atoms with E-state index in [0.717, 1.165) is 18.7 Å². The van der Waals surface area contributed by atoms with Crippen LogP contribution in [0.3, 0.4) is 0 Å². The van der Waals surface area contributed by atoms with Crippen LogP contribution in [0.5, 0.6) is 0 Å². The molecular formula is C14H22N2O2. The molecule has 1 heterocycles. The third-order valence-electron chi connectivity index (χ3n) is 3.34. The number of carbonyl (C=O) groups is 1. The number of amides is 1. The second kappa shape index (κ2) is 6.05. The number of carbonyl (C=O) groups excluding carboxylic acids is 1. The summed E-state index contributed by atoms with van der Waals surface area (Å²) in [6, 6.07) is 4.60. The van der Waals surface area contributed by atoms with Gasteiger partial charge in [0.1, 0.15) is 5.76 Å². The van der Waals surface area contributed by atoms with Crippen LogP contribution in [0.25, 0.3) is 0 Å². The predicted molar refractivity (Wildman–Crippen MR) is 70.3 cm³/mol. The molecule has 1 atom stereocenters. The van der Waals surface area contributed by atoms with E-state index in [1.165, 1.54) is 12.8 Å². The minimum atomic E-state index is 0.214. The van der Waals surface area contributed by atoms with Gasteiger partial charge >= 0.3 is 0 Å². The highest BCUT2D eigenvalue weighted by molar-refractivity contribution is 5.78. The predicted octanol–water partition coefficient (Wildman–Crippen LogP) is 1.81. The first kappa shape index (κ1) is 13.1. The Morgan fingerprint density at radius 3 is 2.94 bits per heavy atom. The van der Waals surface area contributed by atoms with Gasteiger partial charge in [0.25, 0.3) is 0 Å². The molecule has 1 aliphatic carbocycles. The van der Waals surface area contributed by atoms with E-state index >= 15 is 0 Å². The average Bonchev–Trinajstić information content (AvgIpc) is 3.05. The van der Waals surface area contributed by atoms with Crippen LogP contribution in [0.1, 0.15) is 32.4 Å². The highest BCUT2D eigenvalue weighted by atomic mass is 16.3. The van der Waals surface area contributed by atoms with Crippen molar-refractivity contribution in [1.82, 2.24) is 10.2 Å². The summed E-state index contributed by atoms with van der Waals surface area (Å²) in [7, 11) is 0. The fourth-order valence-electron chi connectivity index (χ4n) is 2.19. The Morgan fingerprint density at radius 2 is 2.39 bits per heavy atom. The topological polar surface area (TPSA) is 45.5 Å². The van der Waals surface area contributed by atoms with Crippen molar-refractivity contribution in [3.63, 3.8) is 0 Å². The lowest BCUT2D eigenvalue weighted by atomic mass is 10.2. The SMILES string of the molecule is CCN(C(=O)CNC(C)Cc1ccco1)C1CC1. The van der Waals surface area contributed by atoms with Gasteiger partial charge < -0.3 is 14.6 Å². The van der Waals surface area contributed by atoms with Crippen molar-refractivity contribution in [2.75, 3.05) is 13.1 Å². The van der Waals surface area contributed by atoms with Crippen molar-refractivity contribution in [3.05, 3.63) is 24.2 Å². The van der Waals surface area contributed by atoms with Crippen molar-refractivity contribution >= 4 is 5.91 Å². The number of rotatable bonds is 7. The van der Waals surface area contributed by atoms with E-state index in [-0.39, 0.29) is 11.9 Å². The molecule has 100 valence electrons. The summed E-state index contributed by atoms with van der Waals surface area (Å²) in [4.78, 5) is 14.0. The van der Waals surface area contributed by atoms with Crippen molar-refractivity contribution in [2.45, 2.75) is 45.2 Å². The molecule has 1 aromatic rings. The van der Waals surface area contributed by atoms with Crippen molar-refractivity contribution < 1.29 is 9.21 Å². The molecule has 0 aromatic carbocycles. The standard InChI is InChI=1S/C14H22N2O2/c1-3-16(12-6-7-12)14(17)10-15-11(2)9-13-5-4-8-18-13/h4-5,8,11-12,15H,3,6-7,9-10H2,1-2H3. The average molecular weight is 250 g/mol. The van der Waals surface area contributed by atoms with Crippen LogP contribution in [-0.4, -0.2) is 36.0 Å². The van der Waals surface area contributed by atoms with E-state index in [4.69, 9.17) is 4.42 Å². The van der Waals surface area contributed by atoms with E-state index in [9.17, 15) is 4.79 Å². The molecule has 1 fully saturated rings. The first-order valence-corrected chi connectivity index (χ1v) is 6.76. The van der Waals surface area contributed by atoms with Gasteiger partial charge in [-0.3, -0.25) is 4.79 Å². The first-order chi connectivity index (χ1) is 8.70. The second-order valence-electron chi connectivity index (χ2n) is 4.98. The molecule has 0 spiro atoms. The number of furan rings is 1. The summed E-state index contributed by atoms with van der Waals surface area (Å²) in [5, 5.41) is 3.27. The van der Waals surface area contributed by atoms with Gasteiger partial charge in [-0.2, -0.15) is 0 Å². The van der Waals surface area contributed by atoms with Gasteiger partial charge in [0.05, 0.1) is 12.8 Å². The molecule has 18 heavy (non-hydrogen) atoms. The summed E-state index contributed by atoms with van der Waals surface area (Å²) in [5.74, 6) is 1.17. The van der Waals surface area contributed by atoms with Gasteiger partial charge in [-0.1, -0.05) is 0 Å². The maximum Gasteiger partial charge on any atom is 0.236 e. The van der Waals surface area contributed by atoms with Crippen LogP contribution >= 0.6 is 0 Å². The van der Waals surface area contributed by atoms with Crippen LogP contribution in [0.4, 0.5) is 0 Å². The van der Waals surface area contributed by atoms with Gasteiger partial charge in [0, 0.05) is 25.0 Å². The fourth-order valence-corrected chi connectivity index (χ4v) is 2.19. The summed E-state index contributed by atoms with van der Waals surface area (Å²) in [6.07, 6.45) is 4.83. The highest BCUT2D eigenvalue weighted by Gasteiger charge is 2.30. The lowest BCUT2D eigenvalue weighted by Crippen LogP contribution is -2.42. The summed E-state index contributed by atoms with van der Waals surface area (Å²) >= 11 is 0. The van der Waals surface area contributed by atoms with Gasteiger partial charge in [-0.15, -0.1) is 0 Å². The normalized spacial score (nSPS) is 16.6. The third kappa shape index (κ3) is 3.60. The molecule has 0 bridgehead atoms.